The smallest absolute Gasteiger partial charge is 0.0393 e. The maximum Gasteiger partial charge on any atom is 0.0393 e. The molecule has 0 aliphatic carbocycles. The zero-order valence-electron chi connectivity index (χ0n) is 7.96. The molecule has 1 rings (SSSR count). The lowest BCUT2D eigenvalue weighted by Crippen LogP contribution is -2.12. The van der Waals surface area contributed by atoms with Crippen LogP contribution in [0.2, 0.25) is 0 Å². The molecular weight excluding hydrogens is 165 g/mol. The van der Waals surface area contributed by atoms with Gasteiger partial charge in [0, 0.05) is 19.8 Å². The lowest BCUT2D eigenvalue weighted by molar-refractivity contribution is 1.06. The predicted octanol–water partition coefficient (Wildman–Crippen LogP) is 1.82. The van der Waals surface area contributed by atoms with Crippen LogP contribution >= 0.6 is 9.24 Å². The van der Waals surface area contributed by atoms with Gasteiger partial charge in [0.2, 0.25) is 0 Å². The van der Waals surface area contributed by atoms with Gasteiger partial charge in [-0.3, -0.25) is 0 Å². The van der Waals surface area contributed by atoms with Crippen molar-refractivity contribution >= 4 is 20.2 Å². The molecule has 0 saturated heterocycles. The molecule has 1 unspecified atom stereocenters. The third kappa shape index (κ3) is 1.98. The Morgan fingerprint density at radius 2 is 2.00 bits per heavy atom. The monoisotopic (exact) mass is 181 g/mol. The Bertz CT molecular complexity index is 269. The minimum atomic E-state index is 1.09. The standard InChI is InChI=1S/C10H16NP/c1-4-8-7-9(12)5-6-10(8)11(2)3/h5-7H,4,12H2,1-3H3. The molecule has 0 spiro atoms. The van der Waals surface area contributed by atoms with Gasteiger partial charge in [0.05, 0.1) is 0 Å². The van der Waals surface area contributed by atoms with Crippen LogP contribution in [0, 0.1) is 0 Å². The van der Waals surface area contributed by atoms with Crippen molar-refractivity contribution in [2.45, 2.75) is 13.3 Å². The molecule has 0 aliphatic rings. The number of hydrogen-bond acceptors (Lipinski definition) is 1. The summed E-state index contributed by atoms with van der Waals surface area (Å²) < 4.78 is 0. The van der Waals surface area contributed by atoms with E-state index in [2.05, 4.69) is 53.4 Å². The quantitative estimate of drug-likeness (QED) is 0.629. The van der Waals surface area contributed by atoms with E-state index in [1.54, 1.807) is 0 Å². The predicted molar refractivity (Wildman–Crippen MR) is 59.5 cm³/mol. The minimum Gasteiger partial charge on any atom is -0.377 e. The Balaban J connectivity index is 3.11. The number of anilines is 1. The molecule has 0 aromatic heterocycles. The highest BCUT2D eigenvalue weighted by molar-refractivity contribution is 7.27. The molecule has 0 saturated carbocycles. The molecule has 2 heteroatoms. The van der Waals surface area contributed by atoms with Crippen molar-refractivity contribution in [1.82, 2.24) is 0 Å². The molecule has 1 nitrogen and oxygen atoms in total. The van der Waals surface area contributed by atoms with E-state index < -0.39 is 0 Å². The van der Waals surface area contributed by atoms with Gasteiger partial charge in [0.1, 0.15) is 0 Å². The van der Waals surface area contributed by atoms with Gasteiger partial charge in [-0.05, 0) is 29.4 Å². The molecule has 1 aromatic rings. The van der Waals surface area contributed by atoms with Gasteiger partial charge >= 0.3 is 0 Å². The summed E-state index contributed by atoms with van der Waals surface area (Å²) in [6.45, 7) is 2.19. The number of nitrogens with zero attached hydrogens (tertiary/aromatic N) is 1. The normalized spacial score (nSPS) is 10.0. The average Bonchev–Trinajstić information content (AvgIpc) is 2.03. The Morgan fingerprint density at radius 1 is 1.33 bits per heavy atom. The van der Waals surface area contributed by atoms with Gasteiger partial charge in [-0.2, -0.15) is 0 Å². The van der Waals surface area contributed by atoms with Gasteiger partial charge in [-0.1, -0.05) is 13.0 Å². The SMILES string of the molecule is CCc1cc(P)ccc1N(C)C. The van der Waals surface area contributed by atoms with Crippen molar-refractivity contribution in [3.05, 3.63) is 23.8 Å². The lowest BCUT2D eigenvalue weighted by Gasteiger charge is -2.16. The van der Waals surface area contributed by atoms with E-state index in [1.165, 1.54) is 16.6 Å². The van der Waals surface area contributed by atoms with Crippen LogP contribution in [0.4, 0.5) is 5.69 Å². The van der Waals surface area contributed by atoms with E-state index in [9.17, 15) is 0 Å². The maximum absolute atomic E-state index is 2.73. The second kappa shape index (κ2) is 3.91. The van der Waals surface area contributed by atoms with Crippen LogP contribution in [-0.4, -0.2) is 14.1 Å². The first-order chi connectivity index (χ1) is 5.65. The molecule has 0 heterocycles. The summed E-state index contributed by atoms with van der Waals surface area (Å²) in [7, 11) is 6.89. The molecule has 0 radical (unpaired) electrons. The van der Waals surface area contributed by atoms with Crippen LogP contribution in [0.15, 0.2) is 18.2 Å². The number of rotatable bonds is 2. The van der Waals surface area contributed by atoms with Crippen LogP contribution in [0.1, 0.15) is 12.5 Å². The third-order valence-corrected chi connectivity index (χ3v) is 2.33. The van der Waals surface area contributed by atoms with Crippen LogP contribution in [0.5, 0.6) is 0 Å². The van der Waals surface area contributed by atoms with E-state index in [1.807, 2.05) is 0 Å². The molecule has 0 N–H and O–H groups in total. The summed E-state index contributed by atoms with van der Waals surface area (Å²) in [5, 5.41) is 1.26. The van der Waals surface area contributed by atoms with E-state index in [-0.39, 0.29) is 0 Å². The first kappa shape index (κ1) is 9.54. The van der Waals surface area contributed by atoms with Gasteiger partial charge < -0.3 is 4.90 Å². The Morgan fingerprint density at radius 3 is 2.50 bits per heavy atom. The first-order valence-corrected chi connectivity index (χ1v) is 4.78. The fourth-order valence-corrected chi connectivity index (χ4v) is 1.62. The van der Waals surface area contributed by atoms with Gasteiger partial charge in [-0.25, -0.2) is 0 Å². The van der Waals surface area contributed by atoms with E-state index in [0.29, 0.717) is 0 Å². The highest BCUT2D eigenvalue weighted by Crippen LogP contribution is 2.17. The highest BCUT2D eigenvalue weighted by Gasteiger charge is 2.01. The fourth-order valence-electron chi connectivity index (χ4n) is 1.32. The molecule has 0 bridgehead atoms. The van der Waals surface area contributed by atoms with Crippen molar-refractivity contribution in [2.75, 3.05) is 19.0 Å². The van der Waals surface area contributed by atoms with Gasteiger partial charge in [-0.15, -0.1) is 9.24 Å². The molecular formula is C10H16NP. The largest absolute Gasteiger partial charge is 0.377 e. The molecule has 0 fully saturated rings. The Kier molecular flexibility index (Phi) is 3.11. The summed E-state index contributed by atoms with van der Waals surface area (Å²) in [5.41, 5.74) is 2.73. The Labute approximate surface area is 77.0 Å². The molecule has 0 amide bonds. The first-order valence-electron chi connectivity index (χ1n) is 4.21. The molecule has 66 valence electrons. The molecule has 0 aliphatic heterocycles. The summed E-state index contributed by atoms with van der Waals surface area (Å²) in [4.78, 5) is 2.16. The Hall–Kier alpha value is -0.550. The zero-order valence-corrected chi connectivity index (χ0v) is 9.12. The molecule has 1 atom stereocenters. The van der Waals surface area contributed by atoms with Crippen molar-refractivity contribution < 1.29 is 0 Å². The van der Waals surface area contributed by atoms with Crippen molar-refractivity contribution in [3.8, 4) is 0 Å². The van der Waals surface area contributed by atoms with Crippen molar-refractivity contribution in [3.63, 3.8) is 0 Å². The second-order valence-electron chi connectivity index (χ2n) is 3.14. The van der Waals surface area contributed by atoms with Crippen molar-refractivity contribution in [2.24, 2.45) is 0 Å². The van der Waals surface area contributed by atoms with Gasteiger partial charge in [0.15, 0.2) is 0 Å². The van der Waals surface area contributed by atoms with E-state index in [4.69, 9.17) is 0 Å². The lowest BCUT2D eigenvalue weighted by atomic mass is 10.1. The fraction of sp³-hybridized carbons (Fsp3) is 0.400. The molecule has 1 aromatic carbocycles. The summed E-state index contributed by atoms with van der Waals surface area (Å²) in [6.07, 6.45) is 1.09. The van der Waals surface area contributed by atoms with Crippen molar-refractivity contribution in [1.29, 1.82) is 0 Å². The zero-order chi connectivity index (χ0) is 9.14. The van der Waals surface area contributed by atoms with Crippen LogP contribution in [0.25, 0.3) is 0 Å². The number of aryl methyl sites for hydroxylation is 1. The average molecular weight is 181 g/mol. The topological polar surface area (TPSA) is 3.24 Å². The van der Waals surface area contributed by atoms with E-state index >= 15 is 0 Å². The minimum absolute atomic E-state index is 1.09. The third-order valence-electron chi connectivity index (χ3n) is 1.97. The summed E-state index contributed by atoms with van der Waals surface area (Å²) >= 11 is 0. The van der Waals surface area contributed by atoms with Crippen LogP contribution < -0.4 is 10.2 Å². The second-order valence-corrected chi connectivity index (χ2v) is 3.80. The summed E-state index contributed by atoms with van der Waals surface area (Å²) in [5.74, 6) is 0. The number of benzene rings is 1. The van der Waals surface area contributed by atoms with Gasteiger partial charge in [0.25, 0.3) is 0 Å². The summed E-state index contributed by atoms with van der Waals surface area (Å²) in [6, 6.07) is 6.51. The number of hydrogen-bond donors (Lipinski definition) is 0. The highest BCUT2D eigenvalue weighted by atomic mass is 31.0. The van der Waals surface area contributed by atoms with Crippen LogP contribution in [0.3, 0.4) is 0 Å². The van der Waals surface area contributed by atoms with Crippen LogP contribution in [-0.2, 0) is 6.42 Å². The maximum atomic E-state index is 2.73. The van der Waals surface area contributed by atoms with E-state index in [0.717, 1.165) is 6.42 Å². The molecule has 12 heavy (non-hydrogen) atoms.